The topological polar surface area (TPSA) is 72.9 Å². The van der Waals surface area contributed by atoms with Crippen LogP contribution in [0.15, 0.2) is 82.5 Å². The predicted octanol–water partition coefficient (Wildman–Crippen LogP) is 6.87. The van der Waals surface area contributed by atoms with Crippen molar-refractivity contribution in [3.05, 3.63) is 98.8 Å². The highest BCUT2D eigenvalue weighted by Gasteiger charge is 2.29. The molecule has 12 heteroatoms. The minimum absolute atomic E-state index is 0.0440. The van der Waals surface area contributed by atoms with Crippen LogP contribution in [-0.2, 0) is 6.54 Å². The van der Waals surface area contributed by atoms with Crippen LogP contribution in [0.25, 0.3) is 28.3 Å². The average molecular weight is 563 g/mol. The summed E-state index contributed by atoms with van der Waals surface area (Å²) in [6, 6.07) is 18.6. The van der Waals surface area contributed by atoms with Crippen molar-refractivity contribution in [1.82, 2.24) is 19.6 Å². The minimum Gasteiger partial charge on any atom is -0.508 e. The smallest absolute Gasteiger partial charge is 0.446 e. The van der Waals surface area contributed by atoms with Gasteiger partial charge >= 0.3 is 5.51 Å². The Kier molecular flexibility index (Phi) is 6.65. The zero-order valence-corrected chi connectivity index (χ0v) is 20.9. The van der Waals surface area contributed by atoms with Crippen molar-refractivity contribution in [2.75, 3.05) is 0 Å². The van der Waals surface area contributed by atoms with Crippen molar-refractivity contribution >= 4 is 35.0 Å². The van der Waals surface area contributed by atoms with Crippen molar-refractivity contribution in [3.63, 3.8) is 0 Å². The summed E-state index contributed by atoms with van der Waals surface area (Å²) < 4.78 is 40.5. The van der Waals surface area contributed by atoms with E-state index in [2.05, 4.69) is 10.2 Å². The summed E-state index contributed by atoms with van der Waals surface area (Å²) in [6.07, 6.45) is 0. The number of rotatable bonds is 5. The van der Waals surface area contributed by atoms with Gasteiger partial charge < -0.3 is 5.11 Å². The second kappa shape index (κ2) is 9.77. The normalized spacial score (nSPS) is 11.8. The molecule has 2 aliphatic rings. The van der Waals surface area contributed by atoms with E-state index in [1.807, 2.05) is 0 Å². The lowest BCUT2D eigenvalue weighted by Gasteiger charge is -2.15. The molecular formula is C25H15Cl2F3N4O2S. The number of fused-ring (bicyclic) bond motifs is 1. The van der Waals surface area contributed by atoms with Gasteiger partial charge in [-0.05, 0) is 78.0 Å². The maximum Gasteiger partial charge on any atom is 0.446 e. The van der Waals surface area contributed by atoms with E-state index >= 15 is 0 Å². The molecule has 2 heterocycles. The molecule has 0 atom stereocenters. The van der Waals surface area contributed by atoms with Gasteiger partial charge in [0.2, 0.25) is 0 Å². The summed E-state index contributed by atoms with van der Waals surface area (Å²) in [4.78, 5) is 13.2. The van der Waals surface area contributed by atoms with Gasteiger partial charge in [-0.3, -0.25) is 4.79 Å². The van der Waals surface area contributed by atoms with Gasteiger partial charge in [-0.25, -0.2) is 9.36 Å². The molecule has 0 unspecified atom stereocenters. The molecule has 2 aliphatic heterocycles. The molecule has 6 nitrogen and oxygen atoms in total. The van der Waals surface area contributed by atoms with Gasteiger partial charge in [0, 0.05) is 15.5 Å². The zero-order chi connectivity index (χ0) is 26.3. The molecule has 1 N–H and O–H groups in total. The molecule has 0 aromatic heterocycles. The van der Waals surface area contributed by atoms with Crippen molar-refractivity contribution in [1.29, 1.82) is 0 Å². The zero-order valence-electron chi connectivity index (χ0n) is 18.6. The number of phenols is 1. The van der Waals surface area contributed by atoms with Crippen molar-refractivity contribution in [3.8, 4) is 34.1 Å². The number of halogens is 5. The first-order valence-electron chi connectivity index (χ1n) is 10.7. The molecule has 37 heavy (non-hydrogen) atoms. The molecule has 3 aromatic rings. The van der Waals surface area contributed by atoms with Crippen LogP contribution in [0.3, 0.4) is 0 Å². The highest BCUT2D eigenvalue weighted by atomic mass is 35.5. The van der Waals surface area contributed by atoms with Crippen LogP contribution >= 0.6 is 35.0 Å². The van der Waals surface area contributed by atoms with E-state index in [9.17, 15) is 23.1 Å². The summed E-state index contributed by atoms with van der Waals surface area (Å²) >= 11 is 12.3. The van der Waals surface area contributed by atoms with Crippen LogP contribution in [0.5, 0.6) is 5.75 Å². The lowest BCUT2D eigenvalue weighted by Crippen LogP contribution is -2.19. The molecule has 0 amide bonds. The van der Waals surface area contributed by atoms with Crippen molar-refractivity contribution in [2.24, 2.45) is 0 Å². The van der Waals surface area contributed by atoms with E-state index < -0.39 is 11.1 Å². The molecule has 0 saturated carbocycles. The van der Waals surface area contributed by atoms with Gasteiger partial charge in [-0.2, -0.15) is 23.4 Å². The van der Waals surface area contributed by atoms with E-state index in [-0.39, 0.29) is 34.6 Å². The number of benzene rings is 3. The number of thioether (sulfide) groups is 1. The summed E-state index contributed by atoms with van der Waals surface area (Å²) in [6.45, 7) is 0.0440. The number of alkyl halides is 3. The van der Waals surface area contributed by atoms with E-state index in [0.717, 1.165) is 0 Å². The molecule has 0 bridgehead atoms. The Morgan fingerprint density at radius 2 is 1.62 bits per heavy atom. The van der Waals surface area contributed by atoms with Crippen LogP contribution < -0.4 is 5.56 Å². The van der Waals surface area contributed by atoms with Crippen molar-refractivity contribution < 1.29 is 18.3 Å². The maximum atomic E-state index is 13.2. The molecule has 188 valence electrons. The lowest BCUT2D eigenvalue weighted by atomic mass is 10.1. The van der Waals surface area contributed by atoms with Crippen LogP contribution in [0, 0.1) is 0 Å². The lowest BCUT2D eigenvalue weighted by molar-refractivity contribution is -0.0328. The fourth-order valence-electron chi connectivity index (χ4n) is 3.75. The van der Waals surface area contributed by atoms with E-state index in [4.69, 9.17) is 23.2 Å². The second-order valence-electron chi connectivity index (χ2n) is 7.97. The SMILES string of the molecule is O=c1c2nn(-c3ccc(O)cc3)c(-c3ccc(Cl)cc3Cl)cc-2nn1Cc1ccc(SC(F)(F)F)cc1. The Morgan fingerprint density at radius 3 is 2.27 bits per heavy atom. The molecule has 0 saturated heterocycles. The van der Waals surface area contributed by atoms with Gasteiger partial charge in [0.25, 0.3) is 5.56 Å². The Morgan fingerprint density at radius 1 is 0.919 bits per heavy atom. The van der Waals surface area contributed by atoms with Gasteiger partial charge in [0.05, 0.1) is 22.9 Å². The number of hydrogen-bond donors (Lipinski definition) is 1. The first kappa shape index (κ1) is 25.2. The number of aromatic hydroxyl groups is 1. The number of aromatic nitrogens is 4. The molecule has 0 radical (unpaired) electrons. The monoisotopic (exact) mass is 562 g/mol. The Balaban J connectivity index is 1.59. The standard InChI is InChI=1S/C25H15Cl2F3N4O2S/c26-15-3-10-19(20(27)11-15)22-12-21-23(32-34(22)16-4-6-17(35)7-5-16)24(36)33(31-21)13-14-1-8-18(9-2-14)37-25(28,29)30/h1-12,35H,13H2. The highest BCUT2D eigenvalue weighted by Crippen LogP contribution is 2.37. The highest BCUT2D eigenvalue weighted by molar-refractivity contribution is 8.00. The van der Waals surface area contributed by atoms with Crippen LogP contribution in [0.2, 0.25) is 10.0 Å². The number of nitrogens with zero attached hydrogens (tertiary/aromatic N) is 4. The average Bonchev–Trinajstić information content (AvgIpc) is 3.13. The first-order valence-corrected chi connectivity index (χ1v) is 12.2. The molecule has 5 rings (SSSR count). The van der Waals surface area contributed by atoms with Crippen LogP contribution in [0.4, 0.5) is 13.2 Å². The summed E-state index contributed by atoms with van der Waals surface area (Å²) in [7, 11) is 0. The Labute approximate surface area is 222 Å². The summed E-state index contributed by atoms with van der Waals surface area (Å²) in [5, 5.41) is 19.5. The Hall–Kier alpha value is -3.47. The summed E-state index contributed by atoms with van der Waals surface area (Å²) in [5.74, 6) is 0.0634. The fourth-order valence-corrected chi connectivity index (χ4v) is 4.79. The molecule has 0 aliphatic carbocycles. The number of phenolic OH excluding ortho intramolecular Hbond substituents is 1. The first-order chi connectivity index (χ1) is 17.6. The van der Waals surface area contributed by atoms with Gasteiger partial charge in [0.15, 0.2) is 5.69 Å². The summed E-state index contributed by atoms with van der Waals surface area (Å²) in [5.41, 5.74) is -2.17. The molecule has 0 fully saturated rings. The third-order valence-corrected chi connectivity index (χ3v) is 6.69. The minimum atomic E-state index is -4.38. The van der Waals surface area contributed by atoms with E-state index in [1.165, 1.54) is 45.8 Å². The maximum absolute atomic E-state index is 13.2. The largest absolute Gasteiger partial charge is 0.508 e. The van der Waals surface area contributed by atoms with Crippen LogP contribution in [-0.4, -0.2) is 30.2 Å². The van der Waals surface area contributed by atoms with Gasteiger partial charge in [-0.1, -0.05) is 35.3 Å². The Bertz CT molecular complexity index is 1620. The van der Waals surface area contributed by atoms with E-state index in [1.54, 1.807) is 36.4 Å². The third-order valence-electron chi connectivity index (χ3n) is 5.40. The quantitative estimate of drug-likeness (QED) is 0.236. The number of hydrogen-bond acceptors (Lipinski definition) is 5. The van der Waals surface area contributed by atoms with E-state index in [0.29, 0.717) is 38.2 Å². The molecular weight excluding hydrogens is 548 g/mol. The van der Waals surface area contributed by atoms with Crippen LogP contribution in [0.1, 0.15) is 5.56 Å². The van der Waals surface area contributed by atoms with Gasteiger partial charge in [0.1, 0.15) is 11.4 Å². The fraction of sp³-hybridized carbons (Fsp3) is 0.0800. The predicted molar refractivity (Wildman–Crippen MR) is 137 cm³/mol. The molecule has 3 aromatic carbocycles. The van der Waals surface area contributed by atoms with Gasteiger partial charge in [-0.15, -0.1) is 0 Å². The van der Waals surface area contributed by atoms with Crippen molar-refractivity contribution in [2.45, 2.75) is 16.9 Å². The second-order valence-corrected chi connectivity index (χ2v) is 9.95. The molecule has 0 spiro atoms. The third kappa shape index (κ3) is 5.46.